The molecule has 1 fully saturated rings. The molecule has 0 atom stereocenters. The molecule has 4 rings (SSSR count). The minimum Gasteiger partial charge on any atom is -0.477 e. The van der Waals surface area contributed by atoms with E-state index in [0.29, 0.717) is 18.4 Å². The number of aromatic nitrogens is 2. The number of para-hydroxylation sites is 1. The minimum absolute atomic E-state index is 0.00981. The third kappa shape index (κ3) is 3.63. The van der Waals surface area contributed by atoms with Crippen LogP contribution in [0.5, 0.6) is 5.88 Å². The molecular weight excluding hydrogens is 326 g/mol. The number of benzene rings is 1. The molecule has 0 spiro atoms. The van der Waals surface area contributed by atoms with Gasteiger partial charge in [0.05, 0.1) is 18.7 Å². The molecule has 0 aliphatic carbocycles. The van der Waals surface area contributed by atoms with Gasteiger partial charge in [-0.15, -0.1) is 0 Å². The summed E-state index contributed by atoms with van der Waals surface area (Å²) >= 11 is 0. The Morgan fingerprint density at radius 2 is 1.88 bits per heavy atom. The van der Waals surface area contributed by atoms with Crippen molar-refractivity contribution in [2.45, 2.75) is 19.4 Å². The van der Waals surface area contributed by atoms with E-state index in [-0.39, 0.29) is 6.61 Å². The van der Waals surface area contributed by atoms with E-state index >= 15 is 0 Å². The maximum absolute atomic E-state index is 9.78. The number of aliphatic hydroxyl groups is 1. The van der Waals surface area contributed by atoms with Crippen LogP contribution < -0.4 is 9.64 Å². The lowest BCUT2D eigenvalue weighted by Crippen LogP contribution is -2.36. The summed E-state index contributed by atoms with van der Waals surface area (Å²) in [6.07, 6.45) is 3.85. The highest BCUT2D eigenvalue weighted by Gasteiger charge is 2.23. The third-order valence-electron chi connectivity index (χ3n) is 4.97. The van der Waals surface area contributed by atoms with Crippen LogP contribution in [-0.4, -0.2) is 34.8 Å². The van der Waals surface area contributed by atoms with Crippen molar-refractivity contribution in [2.75, 3.05) is 24.6 Å². The van der Waals surface area contributed by atoms with Gasteiger partial charge in [0, 0.05) is 36.3 Å². The molecule has 0 bridgehead atoms. The first-order chi connectivity index (χ1) is 12.8. The SMILES string of the molecule is OCc1cc2ccccc2nc1N1CCC(COc2ccccn2)CC1. The predicted molar refractivity (Wildman–Crippen MR) is 102 cm³/mol. The Hall–Kier alpha value is -2.66. The van der Waals surface area contributed by atoms with E-state index in [0.717, 1.165) is 48.2 Å². The molecule has 26 heavy (non-hydrogen) atoms. The van der Waals surface area contributed by atoms with Gasteiger partial charge in [0.15, 0.2) is 0 Å². The molecule has 0 saturated carbocycles. The second kappa shape index (κ2) is 7.70. The molecule has 2 aromatic heterocycles. The summed E-state index contributed by atoms with van der Waals surface area (Å²) in [5.41, 5.74) is 1.87. The molecule has 3 aromatic rings. The van der Waals surface area contributed by atoms with Gasteiger partial charge in [-0.3, -0.25) is 0 Å². The lowest BCUT2D eigenvalue weighted by atomic mass is 9.97. The fraction of sp³-hybridized carbons (Fsp3) is 0.333. The minimum atomic E-state index is 0.00981. The van der Waals surface area contributed by atoms with Gasteiger partial charge in [-0.25, -0.2) is 9.97 Å². The van der Waals surface area contributed by atoms with Crippen LogP contribution in [-0.2, 0) is 6.61 Å². The summed E-state index contributed by atoms with van der Waals surface area (Å²) in [5.74, 6) is 2.12. The zero-order valence-corrected chi connectivity index (χ0v) is 14.7. The van der Waals surface area contributed by atoms with E-state index < -0.39 is 0 Å². The zero-order valence-electron chi connectivity index (χ0n) is 14.7. The summed E-state index contributed by atoms with van der Waals surface area (Å²) in [6.45, 7) is 2.56. The van der Waals surface area contributed by atoms with Crippen molar-refractivity contribution in [1.82, 2.24) is 9.97 Å². The van der Waals surface area contributed by atoms with Crippen LogP contribution in [0.4, 0.5) is 5.82 Å². The van der Waals surface area contributed by atoms with E-state index in [1.165, 1.54) is 0 Å². The standard InChI is InChI=1S/C21H23N3O2/c25-14-18-13-17-5-1-2-6-19(17)23-21(18)24-11-8-16(9-12-24)15-26-20-7-3-4-10-22-20/h1-7,10,13,16,25H,8-9,11-12,14-15H2. The summed E-state index contributed by atoms with van der Waals surface area (Å²) in [6, 6.07) is 15.8. The van der Waals surface area contributed by atoms with Gasteiger partial charge in [0.25, 0.3) is 0 Å². The largest absolute Gasteiger partial charge is 0.477 e. The monoisotopic (exact) mass is 349 g/mol. The van der Waals surface area contributed by atoms with Crippen LogP contribution in [0.1, 0.15) is 18.4 Å². The van der Waals surface area contributed by atoms with Crippen molar-refractivity contribution in [2.24, 2.45) is 5.92 Å². The number of hydrogen-bond acceptors (Lipinski definition) is 5. The molecule has 134 valence electrons. The zero-order chi connectivity index (χ0) is 17.8. The number of anilines is 1. The smallest absolute Gasteiger partial charge is 0.213 e. The molecule has 0 radical (unpaired) electrons. The van der Waals surface area contributed by atoms with Crippen molar-refractivity contribution >= 4 is 16.7 Å². The highest BCUT2D eigenvalue weighted by molar-refractivity contribution is 5.81. The topological polar surface area (TPSA) is 58.5 Å². The number of fused-ring (bicyclic) bond motifs is 1. The normalized spacial score (nSPS) is 15.3. The molecule has 5 heteroatoms. The van der Waals surface area contributed by atoms with Crippen LogP contribution in [0.3, 0.4) is 0 Å². The van der Waals surface area contributed by atoms with Crippen molar-refractivity contribution in [3.8, 4) is 5.88 Å². The molecule has 3 heterocycles. The van der Waals surface area contributed by atoms with Crippen LogP contribution in [0.25, 0.3) is 10.9 Å². The van der Waals surface area contributed by atoms with Crippen LogP contribution in [0.2, 0.25) is 0 Å². The lowest BCUT2D eigenvalue weighted by molar-refractivity contribution is 0.215. The number of hydrogen-bond donors (Lipinski definition) is 1. The highest BCUT2D eigenvalue weighted by atomic mass is 16.5. The van der Waals surface area contributed by atoms with Crippen molar-refractivity contribution in [3.05, 3.63) is 60.3 Å². The molecule has 0 amide bonds. The Kier molecular flexibility index (Phi) is 4.97. The van der Waals surface area contributed by atoms with Gasteiger partial charge in [-0.2, -0.15) is 0 Å². The van der Waals surface area contributed by atoms with Gasteiger partial charge in [0.2, 0.25) is 5.88 Å². The van der Waals surface area contributed by atoms with E-state index in [1.807, 2.05) is 48.5 Å². The highest BCUT2D eigenvalue weighted by Crippen LogP contribution is 2.28. The molecule has 0 unspecified atom stereocenters. The molecular formula is C21H23N3O2. The Balaban J connectivity index is 1.42. The van der Waals surface area contributed by atoms with Gasteiger partial charge in [0.1, 0.15) is 5.82 Å². The Labute approximate surface area is 153 Å². The molecule has 1 N–H and O–H groups in total. The van der Waals surface area contributed by atoms with Crippen LogP contribution in [0, 0.1) is 5.92 Å². The van der Waals surface area contributed by atoms with Crippen molar-refractivity contribution < 1.29 is 9.84 Å². The first-order valence-electron chi connectivity index (χ1n) is 9.12. The van der Waals surface area contributed by atoms with E-state index in [4.69, 9.17) is 9.72 Å². The maximum atomic E-state index is 9.78. The van der Waals surface area contributed by atoms with Gasteiger partial charge in [-0.1, -0.05) is 24.3 Å². The number of piperidine rings is 1. The summed E-state index contributed by atoms with van der Waals surface area (Å²) < 4.78 is 5.80. The number of aliphatic hydroxyl groups excluding tert-OH is 1. The first kappa shape index (κ1) is 16.8. The lowest BCUT2D eigenvalue weighted by Gasteiger charge is -2.33. The Bertz CT molecular complexity index is 862. The fourth-order valence-corrected chi connectivity index (χ4v) is 3.49. The maximum Gasteiger partial charge on any atom is 0.213 e. The molecule has 1 saturated heterocycles. The molecule has 5 nitrogen and oxygen atoms in total. The summed E-state index contributed by atoms with van der Waals surface area (Å²) in [7, 11) is 0. The molecule has 1 aliphatic rings. The predicted octanol–water partition coefficient (Wildman–Crippen LogP) is 3.42. The average molecular weight is 349 g/mol. The molecule has 1 aliphatic heterocycles. The van der Waals surface area contributed by atoms with Gasteiger partial charge >= 0.3 is 0 Å². The van der Waals surface area contributed by atoms with E-state index in [1.54, 1.807) is 6.20 Å². The van der Waals surface area contributed by atoms with E-state index in [2.05, 4.69) is 9.88 Å². The van der Waals surface area contributed by atoms with Crippen molar-refractivity contribution in [1.29, 1.82) is 0 Å². The van der Waals surface area contributed by atoms with Gasteiger partial charge < -0.3 is 14.7 Å². The van der Waals surface area contributed by atoms with Gasteiger partial charge in [-0.05, 0) is 37.0 Å². The number of ether oxygens (including phenoxy) is 1. The Morgan fingerprint density at radius 3 is 2.65 bits per heavy atom. The van der Waals surface area contributed by atoms with Crippen LogP contribution in [0.15, 0.2) is 54.7 Å². The summed E-state index contributed by atoms with van der Waals surface area (Å²) in [5, 5.41) is 10.8. The first-order valence-corrected chi connectivity index (χ1v) is 9.12. The number of pyridine rings is 2. The summed E-state index contributed by atoms with van der Waals surface area (Å²) in [4.78, 5) is 11.3. The number of nitrogens with zero attached hydrogens (tertiary/aromatic N) is 3. The average Bonchev–Trinajstić information content (AvgIpc) is 2.72. The molecule has 1 aromatic carbocycles. The van der Waals surface area contributed by atoms with Crippen LogP contribution >= 0.6 is 0 Å². The Morgan fingerprint density at radius 1 is 1.08 bits per heavy atom. The second-order valence-corrected chi connectivity index (χ2v) is 6.73. The number of rotatable bonds is 5. The second-order valence-electron chi connectivity index (χ2n) is 6.73. The van der Waals surface area contributed by atoms with E-state index in [9.17, 15) is 5.11 Å². The quantitative estimate of drug-likeness (QED) is 0.765. The third-order valence-corrected chi connectivity index (χ3v) is 4.97. The fourth-order valence-electron chi connectivity index (χ4n) is 3.49. The van der Waals surface area contributed by atoms with Crippen molar-refractivity contribution in [3.63, 3.8) is 0 Å².